The standard InChI is InChI=1S/C21H21ClN4O2S/c1-21(2,3)28-20(27)15(23)12-7-5-6-11(8-12)14-9-13-18(29-14)17-16(19(22)25-13)24-10-26(17)4/h5-10,15H,23H2,1-4H3. The molecule has 0 aliphatic rings. The van der Waals surface area contributed by atoms with Crippen molar-refractivity contribution in [1.82, 2.24) is 14.5 Å². The van der Waals surface area contributed by atoms with Gasteiger partial charge in [-0.2, -0.15) is 0 Å². The first-order chi connectivity index (χ1) is 13.6. The zero-order chi connectivity index (χ0) is 20.9. The molecule has 2 N–H and O–H groups in total. The number of carbonyl (C=O) groups excluding carboxylic acids is 1. The summed E-state index contributed by atoms with van der Waals surface area (Å²) >= 11 is 7.92. The van der Waals surface area contributed by atoms with Crippen molar-refractivity contribution in [2.24, 2.45) is 12.8 Å². The van der Waals surface area contributed by atoms with Gasteiger partial charge in [-0.25, -0.2) is 14.8 Å². The number of rotatable bonds is 3. The molecule has 0 bridgehead atoms. The van der Waals surface area contributed by atoms with E-state index in [-0.39, 0.29) is 0 Å². The third-order valence-electron chi connectivity index (χ3n) is 4.47. The maximum absolute atomic E-state index is 12.4. The van der Waals surface area contributed by atoms with Crippen LogP contribution in [-0.4, -0.2) is 26.1 Å². The average molecular weight is 429 g/mol. The van der Waals surface area contributed by atoms with Crippen LogP contribution in [0.3, 0.4) is 0 Å². The van der Waals surface area contributed by atoms with E-state index in [9.17, 15) is 4.79 Å². The van der Waals surface area contributed by atoms with E-state index in [1.165, 1.54) is 0 Å². The lowest BCUT2D eigenvalue weighted by Gasteiger charge is -2.22. The van der Waals surface area contributed by atoms with Gasteiger partial charge in [0.25, 0.3) is 0 Å². The van der Waals surface area contributed by atoms with E-state index in [2.05, 4.69) is 9.97 Å². The quantitative estimate of drug-likeness (QED) is 0.372. The fraction of sp³-hybridized carbons (Fsp3) is 0.286. The number of nitrogens with two attached hydrogens (primary N) is 1. The Labute approximate surface area is 177 Å². The van der Waals surface area contributed by atoms with Gasteiger partial charge in [0, 0.05) is 11.9 Å². The van der Waals surface area contributed by atoms with Crippen LogP contribution in [0.2, 0.25) is 5.15 Å². The fourth-order valence-electron chi connectivity index (χ4n) is 3.17. The second-order valence-electron chi connectivity index (χ2n) is 7.92. The summed E-state index contributed by atoms with van der Waals surface area (Å²) < 4.78 is 8.38. The summed E-state index contributed by atoms with van der Waals surface area (Å²) in [5, 5.41) is 0.387. The van der Waals surface area contributed by atoms with Crippen molar-refractivity contribution in [3.8, 4) is 10.4 Å². The van der Waals surface area contributed by atoms with Gasteiger partial charge in [-0.3, -0.25) is 0 Å². The molecule has 1 aromatic carbocycles. The van der Waals surface area contributed by atoms with Crippen LogP contribution < -0.4 is 5.73 Å². The summed E-state index contributed by atoms with van der Waals surface area (Å²) in [6.45, 7) is 5.47. The Morgan fingerprint density at radius 1 is 1.31 bits per heavy atom. The normalized spacial score (nSPS) is 13.2. The Balaban J connectivity index is 1.75. The number of aromatic nitrogens is 3. The molecule has 0 fully saturated rings. The Morgan fingerprint density at radius 2 is 2.07 bits per heavy atom. The first-order valence-electron chi connectivity index (χ1n) is 9.13. The zero-order valence-corrected chi connectivity index (χ0v) is 18.1. The van der Waals surface area contributed by atoms with Gasteiger partial charge < -0.3 is 15.0 Å². The summed E-state index contributed by atoms with van der Waals surface area (Å²) in [4.78, 5) is 22.2. The van der Waals surface area contributed by atoms with Gasteiger partial charge >= 0.3 is 5.97 Å². The molecule has 0 amide bonds. The van der Waals surface area contributed by atoms with Gasteiger partial charge in [0.2, 0.25) is 0 Å². The minimum atomic E-state index is -0.847. The van der Waals surface area contributed by atoms with Crippen molar-refractivity contribution < 1.29 is 9.53 Å². The number of hydrogen-bond acceptors (Lipinski definition) is 6. The predicted molar refractivity (Wildman–Crippen MR) is 117 cm³/mol. The van der Waals surface area contributed by atoms with Crippen molar-refractivity contribution in [3.05, 3.63) is 47.4 Å². The number of aryl methyl sites for hydroxylation is 1. The average Bonchev–Trinajstić information content (AvgIpc) is 3.24. The number of thiophene rings is 1. The van der Waals surface area contributed by atoms with Crippen molar-refractivity contribution in [3.63, 3.8) is 0 Å². The molecule has 1 atom stereocenters. The minimum absolute atomic E-state index is 0.387. The maximum Gasteiger partial charge on any atom is 0.328 e. The lowest BCUT2D eigenvalue weighted by molar-refractivity contribution is -0.156. The number of carbonyl (C=O) groups is 1. The zero-order valence-electron chi connectivity index (χ0n) is 16.6. The maximum atomic E-state index is 12.4. The number of halogens is 1. The predicted octanol–water partition coefficient (Wildman–Crippen LogP) is 4.84. The highest BCUT2D eigenvalue weighted by Gasteiger charge is 2.24. The van der Waals surface area contributed by atoms with Crippen molar-refractivity contribution in [2.45, 2.75) is 32.4 Å². The molecule has 4 aromatic rings. The van der Waals surface area contributed by atoms with E-state index in [1.54, 1.807) is 17.7 Å². The Morgan fingerprint density at radius 3 is 2.79 bits per heavy atom. The lowest BCUT2D eigenvalue weighted by atomic mass is 10.0. The van der Waals surface area contributed by atoms with Crippen LogP contribution in [0.1, 0.15) is 32.4 Å². The number of hydrogen-bond donors (Lipinski definition) is 1. The molecule has 0 aliphatic heterocycles. The van der Waals surface area contributed by atoms with Crippen LogP contribution in [0.15, 0.2) is 36.7 Å². The molecule has 0 saturated carbocycles. The van der Waals surface area contributed by atoms with Crippen LogP contribution in [0.4, 0.5) is 0 Å². The van der Waals surface area contributed by atoms with Gasteiger partial charge in [0.15, 0.2) is 5.15 Å². The van der Waals surface area contributed by atoms with Gasteiger partial charge in [-0.1, -0.05) is 29.8 Å². The van der Waals surface area contributed by atoms with Crippen LogP contribution in [0.5, 0.6) is 0 Å². The summed E-state index contributed by atoms with van der Waals surface area (Å²) in [5.74, 6) is -0.448. The smallest absolute Gasteiger partial charge is 0.328 e. The highest BCUT2D eigenvalue weighted by molar-refractivity contribution is 7.23. The lowest BCUT2D eigenvalue weighted by Crippen LogP contribution is -2.31. The Kier molecular flexibility index (Phi) is 4.85. The van der Waals surface area contributed by atoms with Crippen LogP contribution >= 0.6 is 22.9 Å². The molecular formula is C21H21ClN4O2S. The number of imidazole rings is 1. The highest BCUT2D eigenvalue weighted by atomic mass is 35.5. The first-order valence-corrected chi connectivity index (χ1v) is 10.3. The summed E-state index contributed by atoms with van der Waals surface area (Å²) in [6.07, 6.45) is 1.73. The van der Waals surface area contributed by atoms with Crippen LogP contribution in [-0.2, 0) is 16.6 Å². The second-order valence-corrected chi connectivity index (χ2v) is 9.33. The monoisotopic (exact) mass is 428 g/mol. The third kappa shape index (κ3) is 3.73. The van der Waals surface area contributed by atoms with Gasteiger partial charge in [-0.15, -0.1) is 11.3 Å². The molecule has 4 rings (SSSR count). The van der Waals surface area contributed by atoms with Crippen LogP contribution in [0, 0.1) is 0 Å². The molecule has 150 valence electrons. The van der Waals surface area contributed by atoms with E-state index in [4.69, 9.17) is 22.1 Å². The topological polar surface area (TPSA) is 83.0 Å². The number of fused-ring (bicyclic) bond motifs is 3. The number of esters is 1. The van der Waals surface area contributed by atoms with E-state index in [1.807, 2.05) is 62.7 Å². The molecule has 1 unspecified atom stereocenters. The molecule has 0 aliphatic carbocycles. The SMILES string of the molecule is Cn1cnc2c(Cl)nc3cc(-c4cccc(C(N)C(=O)OC(C)(C)C)c4)sc3c21. The molecule has 3 heterocycles. The molecule has 3 aromatic heterocycles. The molecule has 0 saturated heterocycles. The Bertz CT molecular complexity index is 1240. The largest absolute Gasteiger partial charge is 0.459 e. The van der Waals surface area contributed by atoms with Gasteiger partial charge in [-0.05, 0) is 44.0 Å². The second kappa shape index (κ2) is 7.09. The molecule has 0 radical (unpaired) electrons. The number of nitrogens with zero attached hydrogens (tertiary/aromatic N) is 3. The molecular weight excluding hydrogens is 408 g/mol. The molecule has 6 nitrogen and oxygen atoms in total. The van der Waals surface area contributed by atoms with Crippen molar-refractivity contribution in [2.75, 3.05) is 0 Å². The minimum Gasteiger partial charge on any atom is -0.459 e. The number of pyridine rings is 1. The summed E-state index contributed by atoms with van der Waals surface area (Å²) in [6, 6.07) is 8.77. The first kappa shape index (κ1) is 19.8. The van der Waals surface area contributed by atoms with Crippen molar-refractivity contribution in [1.29, 1.82) is 0 Å². The van der Waals surface area contributed by atoms with E-state index >= 15 is 0 Å². The van der Waals surface area contributed by atoms with Crippen LogP contribution in [0.25, 0.3) is 31.7 Å². The van der Waals surface area contributed by atoms with E-state index in [0.717, 1.165) is 26.2 Å². The number of ether oxygens (including phenoxy) is 1. The van der Waals surface area contributed by atoms with Crippen molar-refractivity contribution >= 4 is 50.2 Å². The Hall–Kier alpha value is -2.48. The van der Waals surface area contributed by atoms with E-state index in [0.29, 0.717) is 16.2 Å². The molecule has 29 heavy (non-hydrogen) atoms. The highest BCUT2D eigenvalue weighted by Crippen LogP contribution is 2.38. The van der Waals surface area contributed by atoms with Gasteiger partial charge in [0.1, 0.15) is 17.2 Å². The molecule has 8 heteroatoms. The number of benzene rings is 1. The summed E-state index contributed by atoms with van der Waals surface area (Å²) in [7, 11) is 1.94. The van der Waals surface area contributed by atoms with Gasteiger partial charge in [0.05, 0.1) is 22.1 Å². The molecule has 0 spiro atoms. The fourth-order valence-corrected chi connectivity index (χ4v) is 4.58. The van der Waals surface area contributed by atoms with E-state index < -0.39 is 17.6 Å². The third-order valence-corrected chi connectivity index (χ3v) is 5.91. The summed E-state index contributed by atoms with van der Waals surface area (Å²) in [5.41, 5.74) is 9.68.